The van der Waals surface area contributed by atoms with Crippen molar-refractivity contribution < 1.29 is 18.7 Å². The van der Waals surface area contributed by atoms with Gasteiger partial charge in [0.25, 0.3) is 0 Å². The Balaban J connectivity index is 2.50. The minimum atomic E-state index is -0.619. The van der Waals surface area contributed by atoms with E-state index in [-0.39, 0.29) is 24.4 Å². The van der Waals surface area contributed by atoms with Crippen LogP contribution >= 0.6 is 0 Å². The molecule has 0 aliphatic carbocycles. The van der Waals surface area contributed by atoms with E-state index < -0.39 is 23.6 Å². The normalized spacial score (nSPS) is 12.5. The molecule has 0 aromatic heterocycles. The summed E-state index contributed by atoms with van der Waals surface area (Å²) in [7, 11) is 0. The number of aliphatic hydroxyl groups is 1. The van der Waals surface area contributed by atoms with Gasteiger partial charge in [-0.05, 0) is 24.1 Å². The highest BCUT2D eigenvalue weighted by Crippen LogP contribution is 2.13. The topological polar surface area (TPSA) is 49.3 Å². The Bertz CT molecular complexity index is 447. The fourth-order valence-corrected chi connectivity index (χ4v) is 2.13. The minimum Gasteiger partial charge on any atom is -0.391 e. The first-order valence-corrected chi connectivity index (χ1v) is 6.86. The zero-order valence-corrected chi connectivity index (χ0v) is 11.8. The van der Waals surface area contributed by atoms with Crippen molar-refractivity contribution >= 4 is 5.91 Å². The maximum Gasteiger partial charge on any atom is 0.224 e. The number of rotatable bonds is 7. The maximum absolute atomic E-state index is 13.4. The predicted molar refractivity (Wildman–Crippen MR) is 73.2 cm³/mol. The lowest BCUT2D eigenvalue weighted by molar-refractivity contribution is -0.121. The van der Waals surface area contributed by atoms with Gasteiger partial charge in [0.05, 0.1) is 12.5 Å². The van der Waals surface area contributed by atoms with E-state index in [9.17, 15) is 18.7 Å². The van der Waals surface area contributed by atoms with Crippen LogP contribution in [0, 0.1) is 17.6 Å². The molecule has 112 valence electrons. The summed E-state index contributed by atoms with van der Waals surface area (Å²) in [6, 6.07) is 3.01. The molecule has 1 unspecified atom stereocenters. The molecule has 0 fully saturated rings. The molecule has 2 N–H and O–H groups in total. The van der Waals surface area contributed by atoms with Gasteiger partial charge in [-0.1, -0.05) is 26.7 Å². The largest absolute Gasteiger partial charge is 0.391 e. The van der Waals surface area contributed by atoms with Crippen LogP contribution in [0.4, 0.5) is 8.78 Å². The number of carbonyl (C=O) groups excluding carboxylic acids is 1. The molecule has 0 bridgehead atoms. The van der Waals surface area contributed by atoms with E-state index >= 15 is 0 Å². The van der Waals surface area contributed by atoms with E-state index in [2.05, 4.69) is 5.32 Å². The van der Waals surface area contributed by atoms with Crippen LogP contribution in [0.3, 0.4) is 0 Å². The molecule has 0 spiro atoms. The number of carbonyl (C=O) groups is 1. The second-order valence-corrected chi connectivity index (χ2v) is 4.86. The Hall–Kier alpha value is -1.49. The fraction of sp³-hybridized carbons (Fsp3) is 0.533. The summed E-state index contributed by atoms with van der Waals surface area (Å²) < 4.78 is 26.3. The maximum atomic E-state index is 13.4. The quantitative estimate of drug-likeness (QED) is 0.808. The Labute approximate surface area is 118 Å². The first kappa shape index (κ1) is 16.6. The van der Waals surface area contributed by atoms with Crippen LogP contribution < -0.4 is 5.32 Å². The molecule has 3 nitrogen and oxygen atoms in total. The summed E-state index contributed by atoms with van der Waals surface area (Å²) in [5, 5.41) is 12.4. The van der Waals surface area contributed by atoms with Gasteiger partial charge < -0.3 is 10.4 Å². The summed E-state index contributed by atoms with van der Waals surface area (Å²) >= 11 is 0. The standard InChI is InChI=1S/C15H21F2NO2/c1-3-10(4-2)14(19)9-18-15(20)8-11-7-12(16)5-6-13(11)17/h5-7,10,14,19H,3-4,8-9H2,1-2H3,(H,18,20). The SMILES string of the molecule is CCC(CC)C(O)CNC(=O)Cc1cc(F)ccc1F. The number of hydrogen-bond donors (Lipinski definition) is 2. The molecule has 0 heterocycles. The summed E-state index contributed by atoms with van der Waals surface area (Å²) in [4.78, 5) is 11.7. The monoisotopic (exact) mass is 285 g/mol. The van der Waals surface area contributed by atoms with Crippen molar-refractivity contribution in [3.63, 3.8) is 0 Å². The first-order valence-electron chi connectivity index (χ1n) is 6.86. The molecular weight excluding hydrogens is 264 g/mol. The van der Waals surface area contributed by atoms with Gasteiger partial charge in [-0.25, -0.2) is 8.78 Å². The van der Waals surface area contributed by atoms with Crippen LogP contribution in [-0.2, 0) is 11.2 Å². The van der Waals surface area contributed by atoms with Gasteiger partial charge in [0.2, 0.25) is 5.91 Å². The highest BCUT2D eigenvalue weighted by atomic mass is 19.1. The average molecular weight is 285 g/mol. The molecule has 1 aromatic rings. The summed E-state index contributed by atoms with van der Waals surface area (Å²) in [5.74, 6) is -1.49. The third kappa shape index (κ3) is 4.89. The van der Waals surface area contributed by atoms with Crippen molar-refractivity contribution in [2.75, 3.05) is 6.54 Å². The molecule has 20 heavy (non-hydrogen) atoms. The lowest BCUT2D eigenvalue weighted by Gasteiger charge is -2.20. The summed E-state index contributed by atoms with van der Waals surface area (Å²) in [5.41, 5.74) is 0.0134. The molecule has 5 heteroatoms. The van der Waals surface area contributed by atoms with E-state index in [0.29, 0.717) is 0 Å². The van der Waals surface area contributed by atoms with Crippen LogP contribution in [0.5, 0.6) is 0 Å². The molecule has 0 saturated heterocycles. The summed E-state index contributed by atoms with van der Waals surface area (Å²) in [6.45, 7) is 4.07. The number of aliphatic hydroxyl groups excluding tert-OH is 1. The number of benzene rings is 1. The van der Waals surface area contributed by atoms with E-state index in [4.69, 9.17) is 0 Å². The molecule has 1 amide bonds. The summed E-state index contributed by atoms with van der Waals surface area (Å²) in [6.07, 6.45) is 0.795. The van der Waals surface area contributed by atoms with Crippen LogP contribution in [0.2, 0.25) is 0 Å². The number of amides is 1. The smallest absolute Gasteiger partial charge is 0.224 e. The number of halogens is 2. The lowest BCUT2D eigenvalue weighted by atomic mass is 9.96. The van der Waals surface area contributed by atoms with Crippen LogP contribution in [0.25, 0.3) is 0 Å². The Morgan fingerprint density at radius 2 is 1.95 bits per heavy atom. The van der Waals surface area contributed by atoms with Gasteiger partial charge in [0, 0.05) is 12.1 Å². The van der Waals surface area contributed by atoms with Crippen LogP contribution in [0.1, 0.15) is 32.3 Å². The number of nitrogens with one attached hydrogen (secondary N) is 1. The van der Waals surface area contributed by atoms with Gasteiger partial charge in [-0.15, -0.1) is 0 Å². The Kier molecular flexibility index (Phi) is 6.58. The second kappa shape index (κ2) is 7.94. The van der Waals surface area contributed by atoms with Gasteiger partial charge in [0.1, 0.15) is 11.6 Å². The van der Waals surface area contributed by atoms with Crippen molar-refractivity contribution in [1.82, 2.24) is 5.32 Å². The van der Waals surface area contributed by atoms with Crippen LogP contribution in [0.15, 0.2) is 18.2 Å². The third-order valence-corrected chi connectivity index (χ3v) is 3.46. The van der Waals surface area contributed by atoms with Gasteiger partial charge in [-0.3, -0.25) is 4.79 Å². The second-order valence-electron chi connectivity index (χ2n) is 4.86. The Morgan fingerprint density at radius 1 is 1.30 bits per heavy atom. The van der Waals surface area contributed by atoms with Crippen molar-refractivity contribution in [2.45, 2.75) is 39.2 Å². The van der Waals surface area contributed by atoms with Crippen molar-refractivity contribution in [2.24, 2.45) is 5.92 Å². The lowest BCUT2D eigenvalue weighted by Crippen LogP contribution is -2.36. The minimum absolute atomic E-state index is 0.0134. The van der Waals surface area contributed by atoms with Crippen molar-refractivity contribution in [1.29, 1.82) is 0 Å². The van der Waals surface area contributed by atoms with E-state index in [1.54, 1.807) is 0 Å². The molecule has 0 aliphatic rings. The van der Waals surface area contributed by atoms with Gasteiger partial charge in [0.15, 0.2) is 0 Å². The number of hydrogen-bond acceptors (Lipinski definition) is 2. The van der Waals surface area contributed by atoms with Gasteiger partial charge >= 0.3 is 0 Å². The fourth-order valence-electron chi connectivity index (χ4n) is 2.13. The molecule has 0 saturated carbocycles. The van der Waals surface area contributed by atoms with Crippen molar-refractivity contribution in [3.8, 4) is 0 Å². The zero-order valence-electron chi connectivity index (χ0n) is 11.8. The molecular formula is C15H21F2NO2. The first-order chi connectivity index (χ1) is 9.47. The van der Waals surface area contributed by atoms with E-state index in [1.807, 2.05) is 13.8 Å². The average Bonchev–Trinajstić information content (AvgIpc) is 2.42. The Morgan fingerprint density at radius 3 is 2.55 bits per heavy atom. The molecule has 1 rings (SSSR count). The third-order valence-electron chi connectivity index (χ3n) is 3.46. The molecule has 0 aliphatic heterocycles. The van der Waals surface area contributed by atoms with Crippen LogP contribution in [-0.4, -0.2) is 23.7 Å². The van der Waals surface area contributed by atoms with Gasteiger partial charge in [-0.2, -0.15) is 0 Å². The molecule has 1 aromatic carbocycles. The zero-order chi connectivity index (χ0) is 15.1. The molecule has 1 atom stereocenters. The van der Waals surface area contributed by atoms with E-state index in [0.717, 1.165) is 31.0 Å². The molecule has 0 radical (unpaired) electrons. The predicted octanol–water partition coefficient (Wildman–Crippen LogP) is 2.42. The highest BCUT2D eigenvalue weighted by Gasteiger charge is 2.16. The highest BCUT2D eigenvalue weighted by molar-refractivity contribution is 5.78. The van der Waals surface area contributed by atoms with E-state index in [1.165, 1.54) is 0 Å². The van der Waals surface area contributed by atoms with Crippen molar-refractivity contribution in [3.05, 3.63) is 35.4 Å².